The number of rotatable bonds is 2. The molecule has 0 fully saturated rings. The molecule has 0 saturated heterocycles. The average Bonchev–Trinajstić information content (AvgIpc) is 2.23. The summed E-state index contributed by atoms with van der Waals surface area (Å²) in [6.45, 7) is 0.649. The molecule has 0 aliphatic carbocycles. The van der Waals surface area contributed by atoms with Crippen LogP contribution in [0.3, 0.4) is 0 Å². The van der Waals surface area contributed by atoms with Crippen LogP contribution in [-0.2, 0) is 14.8 Å². The molecule has 0 saturated carbocycles. The van der Waals surface area contributed by atoms with Crippen LogP contribution in [0.25, 0.3) is 0 Å². The van der Waals surface area contributed by atoms with Gasteiger partial charge in [-0.1, -0.05) is 0 Å². The summed E-state index contributed by atoms with van der Waals surface area (Å²) in [4.78, 5) is 0. The Bertz CT molecular complexity index is 561. The van der Waals surface area contributed by atoms with Crippen LogP contribution in [0.5, 0.6) is 11.5 Å². The molecule has 1 aromatic carbocycles. The van der Waals surface area contributed by atoms with Crippen LogP contribution in [-0.4, -0.2) is 21.6 Å². The van der Waals surface area contributed by atoms with Gasteiger partial charge in [-0.3, -0.25) is 0 Å². The van der Waals surface area contributed by atoms with Crippen molar-refractivity contribution in [1.29, 1.82) is 0 Å². The number of hydrogen-bond acceptors (Lipinski definition) is 4. The Morgan fingerprint density at radius 3 is 2.71 bits per heavy atom. The SMILES string of the molecule is O=S(=O)(Cl)Cc1c(F)cc2c(c1Br)OCCO2. The molecule has 0 N–H and O–H groups in total. The van der Waals surface area contributed by atoms with Crippen molar-refractivity contribution in [1.82, 2.24) is 0 Å². The summed E-state index contributed by atoms with van der Waals surface area (Å²) in [5.74, 6) is -0.771. The van der Waals surface area contributed by atoms with Gasteiger partial charge in [0.05, 0.1) is 10.2 Å². The van der Waals surface area contributed by atoms with E-state index in [2.05, 4.69) is 15.9 Å². The quantitative estimate of drug-likeness (QED) is 0.773. The lowest BCUT2D eigenvalue weighted by atomic mass is 10.2. The van der Waals surface area contributed by atoms with Gasteiger partial charge in [-0.05, 0) is 15.9 Å². The zero-order chi connectivity index (χ0) is 12.6. The number of ether oxygens (including phenoxy) is 2. The van der Waals surface area contributed by atoms with Crippen molar-refractivity contribution >= 4 is 35.7 Å². The summed E-state index contributed by atoms with van der Waals surface area (Å²) in [6, 6.07) is 1.09. The Labute approximate surface area is 110 Å². The Balaban J connectivity index is 2.53. The number of benzene rings is 1. The molecule has 94 valence electrons. The predicted molar refractivity (Wildman–Crippen MR) is 63.6 cm³/mol. The second-order valence-electron chi connectivity index (χ2n) is 3.36. The van der Waals surface area contributed by atoms with Crippen LogP contribution in [0.15, 0.2) is 10.5 Å². The average molecular weight is 346 g/mol. The summed E-state index contributed by atoms with van der Waals surface area (Å²) in [5.41, 5.74) is -0.0655. The molecule has 0 amide bonds. The molecule has 1 aromatic rings. The summed E-state index contributed by atoms with van der Waals surface area (Å²) < 4.78 is 46.3. The van der Waals surface area contributed by atoms with Gasteiger partial charge in [0.2, 0.25) is 9.05 Å². The van der Waals surface area contributed by atoms with Crippen molar-refractivity contribution in [2.24, 2.45) is 0 Å². The van der Waals surface area contributed by atoms with E-state index >= 15 is 0 Å². The highest BCUT2D eigenvalue weighted by Gasteiger charge is 2.24. The monoisotopic (exact) mass is 344 g/mol. The molecule has 0 bridgehead atoms. The molecule has 0 atom stereocenters. The van der Waals surface area contributed by atoms with E-state index in [0.717, 1.165) is 6.07 Å². The molecule has 8 heteroatoms. The largest absolute Gasteiger partial charge is 0.486 e. The van der Waals surface area contributed by atoms with Crippen LogP contribution in [0, 0.1) is 5.82 Å². The van der Waals surface area contributed by atoms with Gasteiger partial charge in [0.25, 0.3) is 0 Å². The molecule has 1 aliphatic heterocycles. The van der Waals surface area contributed by atoms with E-state index in [-0.39, 0.29) is 15.8 Å². The van der Waals surface area contributed by atoms with Crippen molar-refractivity contribution in [2.45, 2.75) is 5.75 Å². The van der Waals surface area contributed by atoms with E-state index in [9.17, 15) is 12.8 Å². The van der Waals surface area contributed by atoms with E-state index < -0.39 is 20.6 Å². The number of halogens is 3. The van der Waals surface area contributed by atoms with Crippen molar-refractivity contribution < 1.29 is 22.3 Å². The Morgan fingerprint density at radius 1 is 1.41 bits per heavy atom. The second-order valence-corrected chi connectivity index (χ2v) is 6.93. The first-order valence-electron chi connectivity index (χ1n) is 4.57. The van der Waals surface area contributed by atoms with Gasteiger partial charge in [-0.25, -0.2) is 12.8 Å². The van der Waals surface area contributed by atoms with Crippen LogP contribution in [0.4, 0.5) is 4.39 Å². The third-order valence-corrected chi connectivity index (χ3v) is 3.94. The Hall–Kier alpha value is -0.530. The maximum Gasteiger partial charge on any atom is 0.236 e. The maximum absolute atomic E-state index is 13.7. The predicted octanol–water partition coefficient (Wildman–Crippen LogP) is 2.43. The normalized spacial score (nSPS) is 14.8. The zero-order valence-corrected chi connectivity index (χ0v) is 11.5. The minimum absolute atomic E-state index is 0.0655. The van der Waals surface area contributed by atoms with Crippen molar-refractivity contribution in [3.63, 3.8) is 0 Å². The van der Waals surface area contributed by atoms with Gasteiger partial charge < -0.3 is 9.47 Å². The van der Waals surface area contributed by atoms with E-state index in [4.69, 9.17) is 20.2 Å². The van der Waals surface area contributed by atoms with Crippen molar-refractivity contribution in [3.05, 3.63) is 21.9 Å². The zero-order valence-electron chi connectivity index (χ0n) is 8.37. The highest BCUT2D eigenvalue weighted by molar-refractivity contribution is 9.10. The minimum atomic E-state index is -3.84. The molecule has 0 aromatic heterocycles. The Morgan fingerprint density at radius 2 is 2.06 bits per heavy atom. The molecular weight excluding hydrogens is 339 g/mol. The molecule has 0 spiro atoms. The lowest BCUT2D eigenvalue weighted by Gasteiger charge is -2.21. The second kappa shape index (κ2) is 4.62. The van der Waals surface area contributed by atoms with Crippen molar-refractivity contribution in [2.75, 3.05) is 13.2 Å². The third-order valence-electron chi connectivity index (χ3n) is 2.14. The fourth-order valence-electron chi connectivity index (χ4n) is 1.46. The first-order valence-corrected chi connectivity index (χ1v) is 7.84. The first kappa shape index (κ1) is 12.9. The van der Waals surface area contributed by atoms with Gasteiger partial charge in [0.15, 0.2) is 11.5 Å². The van der Waals surface area contributed by atoms with Gasteiger partial charge in [-0.15, -0.1) is 0 Å². The lowest BCUT2D eigenvalue weighted by molar-refractivity contribution is 0.169. The molecule has 1 aliphatic rings. The standard InChI is InChI=1S/C9H7BrClFO4S/c10-8-5(4-17(11,13)14)6(12)3-7-9(8)16-2-1-15-7/h3H,1-2,4H2. The molecule has 4 nitrogen and oxygen atoms in total. The minimum Gasteiger partial charge on any atom is -0.486 e. The summed E-state index contributed by atoms with van der Waals surface area (Å²) in [5, 5.41) is 0. The van der Waals surface area contributed by atoms with E-state index in [0.29, 0.717) is 19.0 Å². The fraction of sp³-hybridized carbons (Fsp3) is 0.333. The van der Waals surface area contributed by atoms with E-state index in [1.54, 1.807) is 0 Å². The topological polar surface area (TPSA) is 52.6 Å². The van der Waals surface area contributed by atoms with Gasteiger partial charge in [0, 0.05) is 22.3 Å². The van der Waals surface area contributed by atoms with Gasteiger partial charge in [-0.2, -0.15) is 0 Å². The summed E-state index contributed by atoms with van der Waals surface area (Å²) in [7, 11) is 1.26. The summed E-state index contributed by atoms with van der Waals surface area (Å²) >= 11 is 3.10. The van der Waals surface area contributed by atoms with Crippen LogP contribution < -0.4 is 9.47 Å². The first-order chi connectivity index (χ1) is 7.88. The molecule has 0 unspecified atom stereocenters. The highest BCUT2D eigenvalue weighted by Crippen LogP contribution is 2.41. The van der Waals surface area contributed by atoms with E-state index in [1.165, 1.54) is 0 Å². The Kier molecular flexibility index (Phi) is 3.51. The van der Waals surface area contributed by atoms with Gasteiger partial charge in [0.1, 0.15) is 19.0 Å². The lowest BCUT2D eigenvalue weighted by Crippen LogP contribution is -2.17. The van der Waals surface area contributed by atoms with Crippen molar-refractivity contribution in [3.8, 4) is 11.5 Å². The van der Waals surface area contributed by atoms with Crippen LogP contribution >= 0.6 is 26.6 Å². The summed E-state index contributed by atoms with van der Waals surface area (Å²) in [6.07, 6.45) is 0. The maximum atomic E-state index is 13.7. The molecule has 17 heavy (non-hydrogen) atoms. The van der Waals surface area contributed by atoms with Gasteiger partial charge >= 0.3 is 0 Å². The fourth-order valence-corrected chi connectivity index (χ4v) is 3.24. The van der Waals surface area contributed by atoms with E-state index in [1.807, 2.05) is 0 Å². The molecule has 1 heterocycles. The molecule has 2 rings (SSSR count). The number of fused-ring (bicyclic) bond motifs is 1. The molecular formula is C9H7BrClFO4S. The van der Waals surface area contributed by atoms with Crippen LogP contribution in [0.2, 0.25) is 0 Å². The smallest absolute Gasteiger partial charge is 0.236 e. The molecule has 0 radical (unpaired) electrons. The highest BCUT2D eigenvalue weighted by atomic mass is 79.9. The number of hydrogen-bond donors (Lipinski definition) is 0. The van der Waals surface area contributed by atoms with Crippen LogP contribution in [0.1, 0.15) is 5.56 Å². The third kappa shape index (κ3) is 2.83.